The molecule has 6 nitrogen and oxygen atoms in total. The highest BCUT2D eigenvalue weighted by Crippen LogP contribution is 2.38. The quantitative estimate of drug-likeness (QED) is 0.792. The van der Waals surface area contributed by atoms with Crippen molar-refractivity contribution in [1.82, 2.24) is 4.98 Å². The number of piperidine rings is 1. The standard InChI is InChI=1S/C24H28N4O2S/c25-17-24(18-4-2-1-3-5-18)9-11-28(12-10-24)22-16-21(26-19-6-13-30-14-7-19)23-20(27-22)8-15-31(23)29/h1-5,16,19H,6-15H2,(H,26,27). The lowest BCUT2D eigenvalue weighted by Gasteiger charge is -2.38. The van der Waals surface area contributed by atoms with E-state index < -0.39 is 16.2 Å². The van der Waals surface area contributed by atoms with Gasteiger partial charge in [-0.1, -0.05) is 30.3 Å². The van der Waals surface area contributed by atoms with Crippen LogP contribution < -0.4 is 10.2 Å². The van der Waals surface area contributed by atoms with E-state index in [1.165, 1.54) is 0 Å². The third-order valence-electron chi connectivity index (χ3n) is 6.84. The lowest BCUT2D eigenvalue weighted by Crippen LogP contribution is -2.42. The molecule has 2 fully saturated rings. The summed E-state index contributed by atoms with van der Waals surface area (Å²) >= 11 is 0. The van der Waals surface area contributed by atoms with Crippen molar-refractivity contribution >= 4 is 22.3 Å². The second kappa shape index (κ2) is 8.60. The van der Waals surface area contributed by atoms with E-state index >= 15 is 0 Å². The number of aryl methyl sites for hydroxylation is 1. The van der Waals surface area contributed by atoms with Gasteiger partial charge in [-0.3, -0.25) is 4.21 Å². The zero-order valence-electron chi connectivity index (χ0n) is 17.7. The fourth-order valence-electron chi connectivity index (χ4n) is 4.96. The van der Waals surface area contributed by atoms with E-state index in [4.69, 9.17) is 9.72 Å². The second-order valence-corrected chi connectivity index (χ2v) is 10.2. The highest BCUT2D eigenvalue weighted by Gasteiger charge is 2.37. The monoisotopic (exact) mass is 436 g/mol. The maximum Gasteiger partial charge on any atom is 0.130 e. The van der Waals surface area contributed by atoms with Crippen LogP contribution in [-0.2, 0) is 27.4 Å². The lowest BCUT2D eigenvalue weighted by atomic mass is 9.74. The van der Waals surface area contributed by atoms with Gasteiger partial charge in [0.05, 0.1) is 38.6 Å². The molecule has 162 valence electrons. The summed E-state index contributed by atoms with van der Waals surface area (Å²) in [6.45, 7) is 3.10. The summed E-state index contributed by atoms with van der Waals surface area (Å²) in [6, 6.07) is 15.2. The summed E-state index contributed by atoms with van der Waals surface area (Å²) in [6.07, 6.45) is 4.25. The number of ether oxygens (including phenoxy) is 1. The molecule has 0 spiro atoms. The Kier molecular flexibility index (Phi) is 5.68. The number of benzene rings is 1. The normalized spacial score (nSPS) is 23.2. The zero-order chi connectivity index (χ0) is 21.3. The van der Waals surface area contributed by atoms with Gasteiger partial charge in [-0.2, -0.15) is 5.26 Å². The molecule has 31 heavy (non-hydrogen) atoms. The lowest BCUT2D eigenvalue weighted by molar-refractivity contribution is 0.0904. The number of nitrogens with zero attached hydrogens (tertiary/aromatic N) is 3. The van der Waals surface area contributed by atoms with E-state index in [0.29, 0.717) is 11.8 Å². The predicted molar refractivity (Wildman–Crippen MR) is 122 cm³/mol. The van der Waals surface area contributed by atoms with Crippen LogP contribution in [0.4, 0.5) is 11.5 Å². The molecule has 3 aliphatic heterocycles. The predicted octanol–water partition coefficient (Wildman–Crippen LogP) is 3.40. The Morgan fingerprint density at radius 3 is 2.65 bits per heavy atom. The maximum atomic E-state index is 12.7. The Hall–Kier alpha value is -2.43. The number of hydrogen-bond acceptors (Lipinski definition) is 6. The minimum absolute atomic E-state index is 0.344. The minimum atomic E-state index is -0.984. The summed E-state index contributed by atoms with van der Waals surface area (Å²) in [4.78, 5) is 8.09. The van der Waals surface area contributed by atoms with E-state index in [0.717, 1.165) is 86.1 Å². The van der Waals surface area contributed by atoms with Crippen molar-refractivity contribution < 1.29 is 8.95 Å². The molecule has 0 aliphatic carbocycles. The van der Waals surface area contributed by atoms with Crippen molar-refractivity contribution in [2.75, 3.05) is 42.3 Å². The highest BCUT2D eigenvalue weighted by molar-refractivity contribution is 7.85. The molecule has 1 aromatic heterocycles. The molecule has 0 saturated carbocycles. The van der Waals surface area contributed by atoms with Gasteiger partial charge in [-0.15, -0.1) is 0 Å². The average Bonchev–Trinajstić information content (AvgIpc) is 3.21. The number of hydrogen-bond donors (Lipinski definition) is 1. The summed E-state index contributed by atoms with van der Waals surface area (Å²) in [5.41, 5.74) is 2.61. The van der Waals surface area contributed by atoms with Gasteiger partial charge in [0.1, 0.15) is 5.82 Å². The molecule has 0 bridgehead atoms. The molecule has 1 unspecified atom stereocenters. The molecule has 1 N–H and O–H groups in total. The summed E-state index contributed by atoms with van der Waals surface area (Å²) in [5.74, 6) is 1.59. The van der Waals surface area contributed by atoms with Gasteiger partial charge >= 0.3 is 0 Å². The molecule has 0 radical (unpaired) electrons. The van der Waals surface area contributed by atoms with Crippen molar-refractivity contribution in [2.24, 2.45) is 0 Å². The van der Waals surface area contributed by atoms with Crippen molar-refractivity contribution in [3.63, 3.8) is 0 Å². The highest BCUT2D eigenvalue weighted by atomic mass is 32.2. The van der Waals surface area contributed by atoms with Gasteiger partial charge < -0.3 is 15.0 Å². The number of anilines is 2. The Morgan fingerprint density at radius 1 is 1.19 bits per heavy atom. The van der Waals surface area contributed by atoms with Crippen LogP contribution in [0.3, 0.4) is 0 Å². The Balaban J connectivity index is 1.39. The van der Waals surface area contributed by atoms with Crippen LogP contribution in [-0.4, -0.2) is 47.3 Å². The van der Waals surface area contributed by atoms with Gasteiger partial charge in [0.15, 0.2) is 0 Å². The van der Waals surface area contributed by atoms with Crippen LogP contribution in [0.25, 0.3) is 0 Å². The van der Waals surface area contributed by atoms with Gasteiger partial charge in [0.25, 0.3) is 0 Å². The first-order chi connectivity index (χ1) is 15.2. The number of rotatable bonds is 4. The van der Waals surface area contributed by atoms with Gasteiger partial charge in [0.2, 0.25) is 0 Å². The summed E-state index contributed by atoms with van der Waals surface area (Å²) < 4.78 is 18.1. The molecule has 0 amide bonds. The molecule has 1 atom stereocenters. The Morgan fingerprint density at radius 2 is 1.94 bits per heavy atom. The van der Waals surface area contributed by atoms with Crippen molar-refractivity contribution in [2.45, 2.75) is 48.5 Å². The molecule has 3 aliphatic rings. The van der Waals surface area contributed by atoms with E-state index in [2.05, 4.69) is 34.5 Å². The Labute approximate surface area is 186 Å². The summed E-state index contributed by atoms with van der Waals surface area (Å²) in [5, 5.41) is 13.6. The first-order valence-electron chi connectivity index (χ1n) is 11.2. The fourth-order valence-corrected chi connectivity index (χ4v) is 6.31. The molecular formula is C24H28N4O2S. The van der Waals surface area contributed by atoms with E-state index in [-0.39, 0.29) is 0 Å². The van der Waals surface area contributed by atoms with Crippen molar-refractivity contribution in [3.05, 3.63) is 47.7 Å². The van der Waals surface area contributed by atoms with E-state index in [1.54, 1.807) is 0 Å². The van der Waals surface area contributed by atoms with Crippen LogP contribution in [0.1, 0.15) is 36.9 Å². The molecule has 5 rings (SSSR count). The summed E-state index contributed by atoms with van der Waals surface area (Å²) in [7, 11) is -0.984. The smallest absolute Gasteiger partial charge is 0.130 e. The first-order valence-corrected chi connectivity index (χ1v) is 12.5. The maximum absolute atomic E-state index is 12.7. The van der Waals surface area contributed by atoms with Crippen LogP contribution in [0.2, 0.25) is 0 Å². The molecule has 4 heterocycles. The number of nitriles is 1. The Bertz CT molecular complexity index is 1010. The van der Waals surface area contributed by atoms with E-state index in [1.807, 2.05) is 18.2 Å². The third-order valence-corrected chi connectivity index (χ3v) is 8.33. The van der Waals surface area contributed by atoms with Crippen LogP contribution in [0.15, 0.2) is 41.3 Å². The van der Waals surface area contributed by atoms with Gasteiger partial charge in [0, 0.05) is 50.6 Å². The fraction of sp³-hybridized carbons (Fsp3) is 0.500. The molecule has 2 saturated heterocycles. The second-order valence-electron chi connectivity index (χ2n) is 8.68. The SMILES string of the molecule is N#CC1(c2ccccc2)CCN(c2cc(NC3CCOCC3)c3c(n2)CCS3=O)CC1. The number of nitrogens with one attached hydrogen (secondary N) is 1. The topological polar surface area (TPSA) is 78.2 Å². The average molecular weight is 437 g/mol. The minimum Gasteiger partial charge on any atom is -0.381 e. The van der Waals surface area contributed by atoms with Crippen LogP contribution >= 0.6 is 0 Å². The zero-order valence-corrected chi connectivity index (χ0v) is 18.5. The number of aromatic nitrogens is 1. The number of fused-ring (bicyclic) bond motifs is 1. The largest absolute Gasteiger partial charge is 0.381 e. The molecular weight excluding hydrogens is 408 g/mol. The van der Waals surface area contributed by atoms with Crippen molar-refractivity contribution in [3.8, 4) is 6.07 Å². The van der Waals surface area contributed by atoms with Crippen LogP contribution in [0.5, 0.6) is 0 Å². The molecule has 1 aromatic carbocycles. The molecule has 2 aromatic rings. The third kappa shape index (κ3) is 3.95. The number of pyridine rings is 1. The first kappa shape index (κ1) is 20.5. The van der Waals surface area contributed by atoms with Crippen molar-refractivity contribution in [1.29, 1.82) is 5.26 Å². The van der Waals surface area contributed by atoms with Gasteiger partial charge in [-0.25, -0.2) is 4.98 Å². The van der Waals surface area contributed by atoms with Gasteiger partial charge in [-0.05, 0) is 31.2 Å². The van der Waals surface area contributed by atoms with Crippen LogP contribution in [0, 0.1) is 11.3 Å². The van der Waals surface area contributed by atoms with E-state index in [9.17, 15) is 9.47 Å². The molecule has 7 heteroatoms.